The van der Waals surface area contributed by atoms with E-state index in [1.807, 2.05) is 13.8 Å². The molecule has 2 bridgehead atoms. The van der Waals surface area contributed by atoms with Gasteiger partial charge in [-0.3, -0.25) is 14.4 Å². The first-order valence-corrected chi connectivity index (χ1v) is 13.5. The van der Waals surface area contributed by atoms with Crippen molar-refractivity contribution in [2.45, 2.75) is 83.0 Å². The number of unbranched alkanes of at least 4 members (excludes halogenated alkanes) is 4. The highest BCUT2D eigenvalue weighted by Crippen LogP contribution is 2.65. The Kier molecular flexibility index (Phi) is 9.39. The van der Waals surface area contributed by atoms with Gasteiger partial charge < -0.3 is 24.4 Å². The molecule has 8 heteroatoms. The Morgan fingerprint density at radius 1 is 1.22 bits per heavy atom. The lowest BCUT2D eigenvalue weighted by molar-refractivity contribution is -0.161. The quantitative estimate of drug-likeness (QED) is 0.209. The van der Waals surface area contributed by atoms with Crippen molar-refractivity contribution in [1.29, 1.82) is 0 Å². The Balaban J connectivity index is 2.00. The maximum absolute atomic E-state index is 14.2. The zero-order valence-electron chi connectivity index (χ0n) is 22.2. The molecule has 0 saturated carbocycles. The molecule has 3 aliphatic rings. The first-order chi connectivity index (χ1) is 17.2. The summed E-state index contributed by atoms with van der Waals surface area (Å²) in [6.45, 7) is 15.0. The van der Waals surface area contributed by atoms with Crippen LogP contribution in [0.3, 0.4) is 0 Å². The van der Waals surface area contributed by atoms with E-state index in [4.69, 9.17) is 14.6 Å². The van der Waals surface area contributed by atoms with Crippen molar-refractivity contribution in [3.05, 3.63) is 25.3 Å². The van der Waals surface area contributed by atoms with Crippen LogP contribution in [0.1, 0.15) is 65.7 Å². The average molecular weight is 505 g/mol. The summed E-state index contributed by atoms with van der Waals surface area (Å²) in [5.74, 6) is -2.34. The van der Waals surface area contributed by atoms with Crippen molar-refractivity contribution in [3.8, 4) is 0 Å². The SMILES string of the molecule is C=CCOC(=O)[C@@H]1[C@H]2C(=O)N(CCCCCCO)C(C(=O)N(CC=C)CCCC)C23CC(C)[C@@]1(C)O3. The number of nitrogens with zero attached hydrogens (tertiary/aromatic N) is 2. The number of likely N-dealkylation sites (tertiary alicyclic amines) is 1. The van der Waals surface area contributed by atoms with Crippen LogP contribution in [0.2, 0.25) is 0 Å². The van der Waals surface area contributed by atoms with Crippen LogP contribution in [0.15, 0.2) is 25.3 Å². The zero-order chi connectivity index (χ0) is 26.5. The summed E-state index contributed by atoms with van der Waals surface area (Å²) in [6.07, 6.45) is 8.68. The number of amides is 2. The Labute approximate surface area is 215 Å². The molecule has 0 aromatic heterocycles. The first kappa shape index (κ1) is 28.4. The van der Waals surface area contributed by atoms with E-state index >= 15 is 0 Å². The van der Waals surface area contributed by atoms with E-state index in [1.54, 1.807) is 15.9 Å². The van der Waals surface area contributed by atoms with Crippen molar-refractivity contribution in [2.75, 3.05) is 32.8 Å². The van der Waals surface area contributed by atoms with Gasteiger partial charge >= 0.3 is 5.97 Å². The number of ether oxygens (including phenoxy) is 2. The number of carbonyl (C=O) groups is 3. The second-order valence-corrected chi connectivity index (χ2v) is 10.7. The molecule has 1 spiro atoms. The first-order valence-electron chi connectivity index (χ1n) is 13.5. The summed E-state index contributed by atoms with van der Waals surface area (Å²) in [7, 11) is 0. The summed E-state index contributed by atoms with van der Waals surface area (Å²) in [5.41, 5.74) is -1.94. The maximum atomic E-state index is 14.2. The average Bonchev–Trinajstić information content (AvgIpc) is 3.36. The van der Waals surface area contributed by atoms with Gasteiger partial charge in [0.15, 0.2) is 0 Å². The van der Waals surface area contributed by atoms with Gasteiger partial charge in [-0.05, 0) is 38.5 Å². The predicted octanol–water partition coefficient (Wildman–Crippen LogP) is 3.09. The number of aliphatic hydroxyl groups excluding tert-OH is 1. The van der Waals surface area contributed by atoms with E-state index in [2.05, 4.69) is 20.1 Å². The molecule has 0 aliphatic carbocycles. The van der Waals surface area contributed by atoms with Crippen LogP contribution < -0.4 is 0 Å². The van der Waals surface area contributed by atoms with Crippen LogP contribution in [-0.4, -0.2) is 82.8 Å². The molecule has 3 saturated heterocycles. The van der Waals surface area contributed by atoms with E-state index in [0.717, 1.165) is 25.7 Å². The van der Waals surface area contributed by atoms with Crippen LogP contribution in [0.4, 0.5) is 0 Å². The van der Waals surface area contributed by atoms with Crippen molar-refractivity contribution in [2.24, 2.45) is 17.8 Å². The van der Waals surface area contributed by atoms with Gasteiger partial charge in [-0.1, -0.05) is 51.8 Å². The van der Waals surface area contributed by atoms with Crippen molar-refractivity contribution in [3.63, 3.8) is 0 Å². The molecule has 3 fully saturated rings. The van der Waals surface area contributed by atoms with Crippen molar-refractivity contribution in [1.82, 2.24) is 9.80 Å². The minimum Gasteiger partial charge on any atom is -0.461 e. The Morgan fingerprint density at radius 2 is 1.94 bits per heavy atom. The fourth-order valence-corrected chi connectivity index (χ4v) is 6.56. The third kappa shape index (κ3) is 4.86. The Bertz CT molecular complexity index is 846. The van der Waals surface area contributed by atoms with Gasteiger partial charge in [-0.25, -0.2) is 0 Å². The molecular formula is C28H44N2O6. The minimum absolute atomic E-state index is 0.0221. The highest BCUT2D eigenvalue weighted by Gasteiger charge is 2.80. The molecule has 6 atom stereocenters. The highest BCUT2D eigenvalue weighted by atomic mass is 16.6. The zero-order valence-corrected chi connectivity index (χ0v) is 22.2. The lowest BCUT2D eigenvalue weighted by atomic mass is 9.62. The Morgan fingerprint density at radius 3 is 2.58 bits per heavy atom. The molecule has 36 heavy (non-hydrogen) atoms. The van der Waals surface area contributed by atoms with Crippen LogP contribution in [0.25, 0.3) is 0 Å². The Hall–Kier alpha value is -2.19. The van der Waals surface area contributed by atoms with Gasteiger partial charge in [0, 0.05) is 26.2 Å². The van der Waals surface area contributed by atoms with E-state index in [-0.39, 0.29) is 30.9 Å². The summed E-state index contributed by atoms with van der Waals surface area (Å²) < 4.78 is 12.2. The van der Waals surface area contributed by atoms with Gasteiger partial charge in [0.05, 0.1) is 11.5 Å². The van der Waals surface area contributed by atoms with Crippen molar-refractivity contribution < 1.29 is 29.0 Å². The molecular weight excluding hydrogens is 460 g/mol. The topological polar surface area (TPSA) is 96.4 Å². The lowest BCUT2D eigenvalue weighted by Gasteiger charge is -2.37. The van der Waals surface area contributed by atoms with Crippen molar-refractivity contribution >= 4 is 17.8 Å². The molecule has 3 aliphatic heterocycles. The van der Waals surface area contributed by atoms with Gasteiger partial charge in [-0.15, -0.1) is 6.58 Å². The van der Waals surface area contributed by atoms with E-state index in [0.29, 0.717) is 38.9 Å². The normalized spacial score (nSPS) is 32.4. The molecule has 3 unspecified atom stereocenters. The predicted molar refractivity (Wildman–Crippen MR) is 137 cm³/mol. The van der Waals surface area contributed by atoms with Crippen LogP contribution >= 0.6 is 0 Å². The molecule has 3 rings (SSSR count). The number of hydrogen-bond donors (Lipinski definition) is 1. The number of aliphatic hydroxyl groups is 1. The van der Waals surface area contributed by atoms with Gasteiger partial charge in [-0.2, -0.15) is 0 Å². The van der Waals surface area contributed by atoms with Crippen LogP contribution in [0, 0.1) is 17.8 Å². The summed E-state index contributed by atoms with van der Waals surface area (Å²) >= 11 is 0. The molecule has 8 nitrogen and oxygen atoms in total. The summed E-state index contributed by atoms with van der Waals surface area (Å²) in [6, 6.07) is -0.786. The smallest absolute Gasteiger partial charge is 0.313 e. The maximum Gasteiger partial charge on any atom is 0.313 e. The largest absolute Gasteiger partial charge is 0.461 e. The second-order valence-electron chi connectivity index (χ2n) is 10.7. The third-order valence-electron chi connectivity index (χ3n) is 8.40. The lowest BCUT2D eigenvalue weighted by Crippen LogP contribution is -2.56. The van der Waals surface area contributed by atoms with Gasteiger partial charge in [0.1, 0.15) is 24.2 Å². The molecule has 0 aromatic carbocycles. The fraction of sp³-hybridized carbons (Fsp3) is 0.750. The monoisotopic (exact) mass is 504 g/mol. The summed E-state index contributed by atoms with van der Waals surface area (Å²) in [5, 5.41) is 9.10. The number of hydrogen-bond acceptors (Lipinski definition) is 6. The number of fused-ring (bicyclic) bond motifs is 1. The highest BCUT2D eigenvalue weighted by molar-refractivity contribution is 5.98. The third-order valence-corrected chi connectivity index (χ3v) is 8.40. The molecule has 0 radical (unpaired) electrons. The molecule has 0 aromatic rings. The van der Waals surface area contributed by atoms with E-state index < -0.39 is 35.0 Å². The summed E-state index contributed by atoms with van der Waals surface area (Å²) in [4.78, 5) is 44.9. The molecule has 202 valence electrons. The number of esters is 1. The molecule has 1 N–H and O–H groups in total. The second kappa shape index (κ2) is 11.9. The standard InChI is InChI=1S/C28H44N2O6/c1-6-9-15-29(14-7-2)25(33)23-28-19-20(4)27(5,36-28)22(26(34)35-18-8-3)21(28)24(32)30(23)16-12-10-11-13-17-31/h7-8,20-23,31H,2-3,6,9-19H2,1,4-5H3/t20?,21-,22-,23?,27+,28?/m0/s1. The minimum atomic E-state index is -1.06. The van der Waals surface area contributed by atoms with Crippen LogP contribution in [0.5, 0.6) is 0 Å². The van der Waals surface area contributed by atoms with Crippen LogP contribution in [-0.2, 0) is 23.9 Å². The fourth-order valence-electron chi connectivity index (χ4n) is 6.56. The van der Waals surface area contributed by atoms with Gasteiger partial charge in [0.2, 0.25) is 11.8 Å². The number of rotatable bonds is 15. The van der Waals surface area contributed by atoms with Gasteiger partial charge in [0.25, 0.3) is 0 Å². The number of carbonyl (C=O) groups excluding carboxylic acids is 3. The van der Waals surface area contributed by atoms with E-state index in [1.165, 1.54) is 6.08 Å². The molecule has 3 heterocycles. The van der Waals surface area contributed by atoms with E-state index in [9.17, 15) is 14.4 Å². The molecule has 2 amide bonds.